The highest BCUT2D eigenvalue weighted by atomic mass is 16.3. The Bertz CT molecular complexity index is 291. The number of likely N-dealkylation sites (tertiary alicyclic amines) is 1. The molecule has 1 aliphatic heterocycles. The van der Waals surface area contributed by atoms with Crippen molar-refractivity contribution in [3.05, 3.63) is 37.1 Å². The van der Waals surface area contributed by atoms with Crippen LogP contribution in [0.15, 0.2) is 24.4 Å². The molecule has 0 atom stereocenters. The summed E-state index contributed by atoms with van der Waals surface area (Å²) in [5.41, 5.74) is 0.0788. The van der Waals surface area contributed by atoms with Gasteiger partial charge in [-0.05, 0) is 12.1 Å². The van der Waals surface area contributed by atoms with Crippen molar-refractivity contribution < 1.29 is 10.0 Å². The third-order valence-corrected chi connectivity index (χ3v) is 2.93. The lowest BCUT2D eigenvalue weighted by Crippen LogP contribution is -3.08. The van der Waals surface area contributed by atoms with E-state index in [-0.39, 0.29) is 0 Å². The third-order valence-electron chi connectivity index (χ3n) is 2.93. The van der Waals surface area contributed by atoms with Gasteiger partial charge in [0.2, 0.25) is 0 Å². The first-order chi connectivity index (χ1) is 6.71. The largest absolute Gasteiger partial charge is 0.468 e. The van der Waals surface area contributed by atoms with E-state index in [1.165, 1.54) is 4.90 Å². The van der Waals surface area contributed by atoms with Gasteiger partial charge in [-0.2, -0.15) is 7.05 Å². The van der Waals surface area contributed by atoms with Gasteiger partial charge in [0, 0.05) is 19.0 Å². The molecule has 2 rings (SSSR count). The van der Waals surface area contributed by atoms with E-state index >= 15 is 0 Å². The van der Waals surface area contributed by atoms with E-state index in [1.54, 1.807) is 6.20 Å². The number of rotatable bonds is 1. The average Bonchev–Trinajstić information content (AvgIpc) is 2.24. The second-order valence-electron chi connectivity index (χ2n) is 4.00. The Morgan fingerprint density at radius 1 is 1.36 bits per heavy atom. The van der Waals surface area contributed by atoms with Gasteiger partial charge < -0.3 is 10.0 Å². The van der Waals surface area contributed by atoms with Crippen LogP contribution in [0.4, 0.5) is 0 Å². The average molecular weight is 192 g/mol. The zero-order valence-electron chi connectivity index (χ0n) is 8.24. The van der Waals surface area contributed by atoms with Gasteiger partial charge in [-0.3, -0.25) is 4.98 Å². The van der Waals surface area contributed by atoms with Gasteiger partial charge in [0.05, 0.1) is 18.8 Å². The first kappa shape index (κ1) is 9.62. The molecule has 0 radical (unpaired) electrons. The maximum Gasteiger partial charge on any atom is 0.117 e. The standard InChI is InChI=1S/C11H16N2O/c1-13-8-5-11(14,6-9-13)10-4-2-3-7-12-10/h2-4,7,13-14H,1,5-6,8-9H2. The molecule has 1 aromatic rings. The fraction of sp³-hybridized carbons (Fsp3) is 0.455. The van der Waals surface area contributed by atoms with Gasteiger partial charge >= 0.3 is 0 Å². The zero-order chi connectivity index (χ0) is 10.0. The van der Waals surface area contributed by atoms with Crippen molar-refractivity contribution in [3.63, 3.8) is 0 Å². The fourth-order valence-electron chi connectivity index (χ4n) is 1.91. The van der Waals surface area contributed by atoms with E-state index < -0.39 is 5.60 Å². The molecule has 0 unspecified atom stereocenters. The lowest BCUT2D eigenvalue weighted by molar-refractivity contribution is -0.862. The van der Waals surface area contributed by atoms with Gasteiger partial charge in [0.25, 0.3) is 0 Å². The molecule has 0 bridgehead atoms. The summed E-state index contributed by atoms with van der Waals surface area (Å²) in [6.07, 6.45) is 3.24. The summed E-state index contributed by atoms with van der Waals surface area (Å²) in [5.74, 6) is 0. The van der Waals surface area contributed by atoms with Crippen LogP contribution in [0.5, 0.6) is 0 Å². The summed E-state index contributed by atoms with van der Waals surface area (Å²) in [7, 11) is 3.94. The van der Waals surface area contributed by atoms with Crippen LogP contribution in [0.3, 0.4) is 0 Å². The minimum absolute atomic E-state index is 0.720. The smallest absolute Gasteiger partial charge is 0.117 e. The quantitative estimate of drug-likeness (QED) is 0.602. The molecule has 1 saturated heterocycles. The molecule has 0 amide bonds. The summed E-state index contributed by atoms with van der Waals surface area (Å²) in [5, 5.41) is 10.4. The van der Waals surface area contributed by atoms with E-state index in [9.17, 15) is 5.11 Å². The van der Waals surface area contributed by atoms with Crippen LogP contribution < -0.4 is 4.90 Å². The molecule has 14 heavy (non-hydrogen) atoms. The molecule has 0 spiro atoms. The number of quaternary nitrogens is 1. The van der Waals surface area contributed by atoms with Crippen molar-refractivity contribution in [3.8, 4) is 0 Å². The number of nitrogens with zero attached hydrogens (tertiary/aromatic N) is 1. The molecule has 2 N–H and O–H groups in total. The fourth-order valence-corrected chi connectivity index (χ4v) is 1.91. The molecule has 1 fully saturated rings. The molecule has 3 heteroatoms. The summed E-state index contributed by atoms with van der Waals surface area (Å²) in [4.78, 5) is 5.46. The van der Waals surface area contributed by atoms with Crippen LogP contribution in [0.25, 0.3) is 0 Å². The zero-order valence-corrected chi connectivity index (χ0v) is 8.24. The Labute approximate surface area is 84.4 Å². The lowest BCUT2D eigenvalue weighted by atomic mass is 9.88. The minimum atomic E-state index is -0.720. The van der Waals surface area contributed by atoms with Crippen LogP contribution in [-0.4, -0.2) is 23.2 Å². The molecule has 0 aliphatic carbocycles. The maximum atomic E-state index is 10.4. The van der Waals surface area contributed by atoms with E-state index in [4.69, 9.17) is 0 Å². The highest BCUT2D eigenvalue weighted by molar-refractivity contribution is 5.13. The predicted octanol–water partition coefficient (Wildman–Crippen LogP) is -0.261. The van der Waals surface area contributed by atoms with Gasteiger partial charge in [-0.25, -0.2) is 0 Å². The molecule has 76 valence electrons. The Morgan fingerprint density at radius 3 is 2.64 bits per heavy atom. The normalized spacial score (nSPS) is 32.9. The van der Waals surface area contributed by atoms with Gasteiger partial charge in [0.1, 0.15) is 5.60 Å². The van der Waals surface area contributed by atoms with E-state index in [2.05, 4.69) is 12.0 Å². The number of aromatic nitrogens is 1. The van der Waals surface area contributed by atoms with Gasteiger partial charge in [-0.1, -0.05) is 6.07 Å². The van der Waals surface area contributed by atoms with Gasteiger partial charge in [0.15, 0.2) is 0 Å². The number of piperidine rings is 1. The SMILES string of the molecule is [CH2-][NH+]1CCC(O)(c2ccccn2)CC1. The number of nitrogens with one attached hydrogen (secondary N) is 1. The minimum Gasteiger partial charge on any atom is -0.468 e. The summed E-state index contributed by atoms with van der Waals surface area (Å²) >= 11 is 0. The Balaban J connectivity index is 2.17. The van der Waals surface area contributed by atoms with Crippen LogP contribution in [0.1, 0.15) is 18.5 Å². The maximum absolute atomic E-state index is 10.4. The summed E-state index contributed by atoms with van der Waals surface area (Å²) in [6, 6.07) is 5.69. The first-order valence-corrected chi connectivity index (χ1v) is 5.01. The second kappa shape index (κ2) is 3.67. The molecule has 2 heterocycles. The Hall–Kier alpha value is -0.930. The number of hydrogen-bond acceptors (Lipinski definition) is 2. The molecule has 1 aromatic heterocycles. The Morgan fingerprint density at radius 2 is 2.07 bits per heavy atom. The van der Waals surface area contributed by atoms with E-state index in [1.807, 2.05) is 18.2 Å². The molecule has 0 saturated carbocycles. The molecule has 1 aliphatic rings. The number of hydrogen-bond donors (Lipinski definition) is 2. The highest BCUT2D eigenvalue weighted by Crippen LogP contribution is 2.27. The van der Waals surface area contributed by atoms with Crippen LogP contribution >= 0.6 is 0 Å². The van der Waals surface area contributed by atoms with Crippen molar-refractivity contribution in [1.82, 2.24) is 4.98 Å². The number of aliphatic hydroxyl groups is 1. The lowest BCUT2D eigenvalue weighted by Gasteiger charge is -2.36. The molecular weight excluding hydrogens is 176 g/mol. The van der Waals surface area contributed by atoms with Crippen LogP contribution in [-0.2, 0) is 5.60 Å². The molecular formula is C11H16N2O. The van der Waals surface area contributed by atoms with E-state index in [0.717, 1.165) is 31.6 Å². The Kier molecular flexibility index (Phi) is 2.52. The van der Waals surface area contributed by atoms with Gasteiger partial charge in [-0.15, -0.1) is 0 Å². The molecule has 0 aromatic carbocycles. The monoisotopic (exact) mass is 192 g/mol. The summed E-state index contributed by atoms with van der Waals surface area (Å²) < 4.78 is 0. The third kappa shape index (κ3) is 1.79. The second-order valence-corrected chi connectivity index (χ2v) is 4.00. The van der Waals surface area contributed by atoms with Crippen molar-refractivity contribution in [2.75, 3.05) is 13.1 Å². The van der Waals surface area contributed by atoms with Crippen molar-refractivity contribution in [2.24, 2.45) is 0 Å². The predicted molar refractivity (Wildman–Crippen MR) is 53.4 cm³/mol. The van der Waals surface area contributed by atoms with Crippen LogP contribution in [0.2, 0.25) is 0 Å². The topological polar surface area (TPSA) is 37.6 Å². The van der Waals surface area contributed by atoms with Crippen molar-refractivity contribution >= 4 is 0 Å². The van der Waals surface area contributed by atoms with E-state index in [0.29, 0.717) is 0 Å². The highest BCUT2D eigenvalue weighted by Gasteiger charge is 2.34. The first-order valence-electron chi connectivity index (χ1n) is 5.01. The number of pyridine rings is 1. The van der Waals surface area contributed by atoms with Crippen molar-refractivity contribution in [2.45, 2.75) is 18.4 Å². The molecule has 3 nitrogen and oxygen atoms in total. The summed E-state index contributed by atoms with van der Waals surface area (Å²) in [6.45, 7) is 1.82. The van der Waals surface area contributed by atoms with Crippen LogP contribution in [0, 0.1) is 7.05 Å². The van der Waals surface area contributed by atoms with Crippen molar-refractivity contribution in [1.29, 1.82) is 0 Å².